The number of nitrogens with two attached hydrogens (primary N) is 1. The first-order valence-corrected chi connectivity index (χ1v) is 8.16. The lowest BCUT2D eigenvalue weighted by molar-refractivity contribution is 0.0597. The van der Waals surface area contributed by atoms with Crippen molar-refractivity contribution < 1.29 is 26.4 Å². The molecule has 0 aliphatic carbocycles. The summed E-state index contributed by atoms with van der Waals surface area (Å²) in [6.45, 7) is 0. The Hall–Kier alpha value is -1.01. The fraction of sp³-hybridized carbons (Fsp3) is 0.286. The lowest BCUT2D eigenvalue weighted by Gasteiger charge is -2.01. The number of esters is 1. The Kier molecular flexibility index (Phi) is 4.12. The number of primary sulfonamides is 1. The lowest BCUT2D eigenvalue weighted by atomic mass is 10.3. The molecular weight excluding hydrogens is 304 g/mol. The summed E-state index contributed by atoms with van der Waals surface area (Å²) in [6.07, 6.45) is 0. The Morgan fingerprint density at radius 3 is 2.33 bits per heavy atom. The molecule has 1 aromatic heterocycles. The molecule has 102 valence electrons. The molecule has 0 fully saturated rings. The molecule has 0 aliphatic heterocycles. The molecule has 1 aromatic rings. The Bertz CT molecular complexity index is 672. The van der Waals surface area contributed by atoms with Gasteiger partial charge in [-0.25, -0.2) is 31.5 Å². The third-order valence-corrected chi connectivity index (χ3v) is 6.38. The van der Waals surface area contributed by atoms with Gasteiger partial charge in [0.2, 0.25) is 10.0 Å². The summed E-state index contributed by atoms with van der Waals surface area (Å²) in [5.41, 5.74) is -0.374. The molecule has 8 nitrogen and oxygen atoms in total. The van der Waals surface area contributed by atoms with Crippen LogP contribution in [0.5, 0.6) is 0 Å². The van der Waals surface area contributed by atoms with E-state index in [1.807, 2.05) is 4.72 Å². The zero-order valence-electron chi connectivity index (χ0n) is 9.33. The van der Waals surface area contributed by atoms with E-state index in [0.29, 0.717) is 11.3 Å². The van der Waals surface area contributed by atoms with Crippen LogP contribution in [0.1, 0.15) is 10.4 Å². The normalized spacial score (nSPS) is 12.4. The number of hydrogen-bond donors (Lipinski definition) is 2. The highest BCUT2D eigenvalue weighted by Gasteiger charge is 2.28. The Balaban J connectivity index is 3.60. The average molecular weight is 314 g/mol. The smallest absolute Gasteiger partial charge is 0.340 e. The second-order valence-corrected chi connectivity index (χ2v) is 7.93. The predicted molar refractivity (Wildman–Crippen MR) is 63.3 cm³/mol. The van der Waals surface area contributed by atoms with Crippen LogP contribution >= 0.6 is 11.3 Å². The second kappa shape index (κ2) is 4.93. The first-order valence-electron chi connectivity index (χ1n) is 4.32. The maximum Gasteiger partial charge on any atom is 0.340 e. The SMILES string of the molecule is CNS(=O)(=O)c1sc(S(N)(=O)=O)cc1C(=O)OC. The molecule has 0 aromatic carbocycles. The van der Waals surface area contributed by atoms with Crippen LogP contribution in [-0.4, -0.2) is 37.0 Å². The van der Waals surface area contributed by atoms with Crippen molar-refractivity contribution in [2.24, 2.45) is 5.14 Å². The standard InChI is InChI=1S/C7H10N2O6S3/c1-9-18(13,14)7-4(6(10)15-2)3-5(16-7)17(8,11)12/h3,9H,1-2H3,(H2,8,11,12). The average Bonchev–Trinajstić information content (AvgIpc) is 2.73. The van der Waals surface area contributed by atoms with Crippen molar-refractivity contribution in [1.82, 2.24) is 4.72 Å². The molecule has 0 atom stereocenters. The van der Waals surface area contributed by atoms with Crippen LogP contribution in [0.2, 0.25) is 0 Å². The van der Waals surface area contributed by atoms with Gasteiger partial charge >= 0.3 is 5.97 Å². The van der Waals surface area contributed by atoms with Gasteiger partial charge in [-0.05, 0) is 13.1 Å². The van der Waals surface area contributed by atoms with Crippen LogP contribution in [0.15, 0.2) is 14.5 Å². The van der Waals surface area contributed by atoms with Gasteiger partial charge in [-0.3, -0.25) is 0 Å². The number of rotatable bonds is 4. The maximum absolute atomic E-state index is 11.6. The van der Waals surface area contributed by atoms with Crippen molar-refractivity contribution in [2.75, 3.05) is 14.2 Å². The molecule has 0 aliphatic rings. The summed E-state index contributed by atoms with van der Waals surface area (Å²) in [6, 6.07) is 0.871. The zero-order chi connectivity index (χ0) is 14.1. The van der Waals surface area contributed by atoms with Crippen molar-refractivity contribution in [3.8, 4) is 0 Å². The minimum Gasteiger partial charge on any atom is -0.465 e. The van der Waals surface area contributed by atoms with Crippen LogP contribution in [0, 0.1) is 0 Å². The predicted octanol–water partition coefficient (Wildman–Crippen LogP) is -0.910. The van der Waals surface area contributed by atoms with Crippen LogP contribution in [0.3, 0.4) is 0 Å². The van der Waals surface area contributed by atoms with E-state index in [4.69, 9.17) is 5.14 Å². The molecule has 0 spiro atoms. The number of nitrogens with one attached hydrogen (secondary N) is 1. The van der Waals surface area contributed by atoms with E-state index in [2.05, 4.69) is 4.74 Å². The van der Waals surface area contributed by atoms with Crippen molar-refractivity contribution in [1.29, 1.82) is 0 Å². The highest BCUT2D eigenvalue weighted by molar-refractivity contribution is 7.94. The molecule has 0 unspecified atom stereocenters. The molecule has 0 saturated heterocycles. The van der Waals surface area contributed by atoms with E-state index in [0.717, 1.165) is 20.2 Å². The van der Waals surface area contributed by atoms with Crippen molar-refractivity contribution in [3.63, 3.8) is 0 Å². The highest BCUT2D eigenvalue weighted by Crippen LogP contribution is 2.30. The van der Waals surface area contributed by atoms with E-state index in [1.54, 1.807) is 0 Å². The number of carbonyl (C=O) groups excluding carboxylic acids is 1. The second-order valence-electron chi connectivity index (χ2n) is 3.01. The zero-order valence-corrected chi connectivity index (χ0v) is 11.8. The molecule has 0 saturated carbocycles. The third-order valence-electron chi connectivity index (χ3n) is 1.87. The minimum atomic E-state index is -4.10. The van der Waals surface area contributed by atoms with Gasteiger partial charge in [0.05, 0.1) is 12.7 Å². The van der Waals surface area contributed by atoms with E-state index < -0.39 is 34.4 Å². The number of thiophene rings is 1. The fourth-order valence-electron chi connectivity index (χ4n) is 1.04. The van der Waals surface area contributed by atoms with Gasteiger partial charge in [-0.1, -0.05) is 0 Å². The quantitative estimate of drug-likeness (QED) is 0.691. The molecule has 0 amide bonds. The van der Waals surface area contributed by atoms with Gasteiger partial charge in [0.1, 0.15) is 4.21 Å². The van der Waals surface area contributed by atoms with Crippen LogP contribution in [0.4, 0.5) is 0 Å². The summed E-state index contributed by atoms with van der Waals surface area (Å²) in [4.78, 5) is 11.4. The molecule has 1 rings (SSSR count). The van der Waals surface area contributed by atoms with Crippen LogP contribution in [-0.2, 0) is 24.8 Å². The van der Waals surface area contributed by atoms with Gasteiger partial charge in [0.15, 0.2) is 4.21 Å². The molecule has 18 heavy (non-hydrogen) atoms. The number of sulfonamides is 2. The van der Waals surface area contributed by atoms with Crippen LogP contribution in [0.25, 0.3) is 0 Å². The van der Waals surface area contributed by atoms with Crippen molar-refractivity contribution >= 4 is 37.4 Å². The topological polar surface area (TPSA) is 133 Å². The van der Waals surface area contributed by atoms with E-state index in [9.17, 15) is 21.6 Å². The molecular formula is C7H10N2O6S3. The number of hydrogen-bond acceptors (Lipinski definition) is 7. The van der Waals surface area contributed by atoms with Gasteiger partial charge in [-0.2, -0.15) is 0 Å². The van der Waals surface area contributed by atoms with Gasteiger partial charge in [0.25, 0.3) is 10.0 Å². The largest absolute Gasteiger partial charge is 0.465 e. The third kappa shape index (κ3) is 2.87. The van der Waals surface area contributed by atoms with E-state index >= 15 is 0 Å². The molecule has 11 heteroatoms. The highest BCUT2D eigenvalue weighted by atomic mass is 32.3. The number of methoxy groups -OCH3 is 1. The summed E-state index contributed by atoms with van der Waals surface area (Å²) >= 11 is 0.377. The Labute approximate surface area is 108 Å². The first-order chi connectivity index (χ1) is 8.13. The molecule has 3 N–H and O–H groups in total. The first kappa shape index (κ1) is 15.0. The Morgan fingerprint density at radius 1 is 1.39 bits per heavy atom. The number of ether oxygens (including phenoxy) is 1. The van der Waals surface area contributed by atoms with Crippen molar-refractivity contribution in [3.05, 3.63) is 11.6 Å². The monoisotopic (exact) mass is 314 g/mol. The summed E-state index contributed by atoms with van der Waals surface area (Å²) < 4.78 is 51.0. The maximum atomic E-state index is 11.6. The Morgan fingerprint density at radius 2 is 1.94 bits per heavy atom. The molecule has 1 heterocycles. The van der Waals surface area contributed by atoms with Gasteiger partial charge in [0, 0.05) is 0 Å². The fourth-order valence-corrected chi connectivity index (χ4v) is 4.38. The summed E-state index contributed by atoms with van der Waals surface area (Å²) in [7, 11) is -5.89. The van der Waals surface area contributed by atoms with Gasteiger partial charge < -0.3 is 4.74 Å². The van der Waals surface area contributed by atoms with E-state index in [1.165, 1.54) is 0 Å². The van der Waals surface area contributed by atoms with Gasteiger partial charge in [-0.15, -0.1) is 11.3 Å². The molecule has 0 radical (unpaired) electrons. The summed E-state index contributed by atoms with van der Waals surface area (Å²) in [5, 5.41) is 4.88. The summed E-state index contributed by atoms with van der Waals surface area (Å²) in [5.74, 6) is -0.963. The van der Waals surface area contributed by atoms with Crippen molar-refractivity contribution in [2.45, 2.75) is 8.42 Å². The lowest BCUT2D eigenvalue weighted by Crippen LogP contribution is -2.20. The molecule has 0 bridgehead atoms. The van der Waals surface area contributed by atoms with Crippen LogP contribution < -0.4 is 9.86 Å². The van der Waals surface area contributed by atoms with E-state index in [-0.39, 0.29) is 5.56 Å². The minimum absolute atomic E-state index is 0.374. The number of carbonyl (C=O) groups is 1.